The summed E-state index contributed by atoms with van der Waals surface area (Å²) in [4.78, 5) is 7.42. The van der Waals surface area contributed by atoms with Crippen molar-refractivity contribution < 1.29 is 4.74 Å². The summed E-state index contributed by atoms with van der Waals surface area (Å²) in [6.45, 7) is 10.1. The Kier molecular flexibility index (Phi) is 6.60. The van der Waals surface area contributed by atoms with Crippen LogP contribution in [0.3, 0.4) is 0 Å². The number of ether oxygens (including phenoxy) is 1. The van der Waals surface area contributed by atoms with E-state index in [9.17, 15) is 0 Å². The van der Waals surface area contributed by atoms with E-state index in [2.05, 4.69) is 25.7 Å². The molecule has 3 aromatic heterocycles. The lowest BCUT2D eigenvalue weighted by molar-refractivity contribution is 0.0115. The van der Waals surface area contributed by atoms with Crippen molar-refractivity contribution in [2.45, 2.75) is 70.9 Å². The first-order chi connectivity index (χ1) is 17.6. The van der Waals surface area contributed by atoms with E-state index >= 15 is 0 Å². The van der Waals surface area contributed by atoms with Crippen molar-refractivity contribution in [3.63, 3.8) is 0 Å². The number of aromatic nitrogens is 5. The second kappa shape index (κ2) is 10.0. The molecule has 0 unspecified atom stereocenters. The molecule has 3 N–H and O–H groups in total. The number of anilines is 1. The fraction of sp³-hybridized carbons (Fsp3) is 0.667. The molecule has 0 aromatic carbocycles. The number of hydrogen-bond donors (Lipinski definition) is 3. The Bertz CT molecular complexity index is 1130. The van der Waals surface area contributed by atoms with Gasteiger partial charge in [-0.15, -0.1) is 5.10 Å². The SMILES string of the molecule is CC(C)Oc1c(-c2cn[nH]c2)ccc2nc(NC3CCN(CCC4CC5(CCNCC5)C4)CC3)nn12. The molecule has 6 rings (SSSR count). The van der Waals surface area contributed by atoms with E-state index in [-0.39, 0.29) is 6.10 Å². The van der Waals surface area contributed by atoms with E-state index in [0.717, 1.165) is 48.6 Å². The van der Waals surface area contributed by atoms with Crippen LogP contribution in [0.2, 0.25) is 0 Å². The van der Waals surface area contributed by atoms with Crippen LogP contribution in [0, 0.1) is 11.3 Å². The lowest BCUT2D eigenvalue weighted by atomic mass is 9.57. The van der Waals surface area contributed by atoms with Crippen LogP contribution < -0.4 is 15.4 Å². The highest BCUT2D eigenvalue weighted by Crippen LogP contribution is 2.52. The van der Waals surface area contributed by atoms with E-state index in [1.807, 2.05) is 36.7 Å². The number of pyridine rings is 1. The number of H-pyrrole nitrogens is 1. The summed E-state index contributed by atoms with van der Waals surface area (Å²) in [5, 5.41) is 18.9. The van der Waals surface area contributed by atoms with Crippen molar-refractivity contribution in [2.24, 2.45) is 11.3 Å². The highest BCUT2D eigenvalue weighted by Gasteiger charge is 2.44. The molecule has 3 fully saturated rings. The first-order valence-electron chi connectivity index (χ1n) is 13.8. The molecule has 1 saturated carbocycles. The van der Waals surface area contributed by atoms with Gasteiger partial charge in [0.25, 0.3) is 0 Å². The fourth-order valence-corrected chi connectivity index (χ4v) is 6.52. The van der Waals surface area contributed by atoms with E-state index in [4.69, 9.17) is 14.8 Å². The van der Waals surface area contributed by atoms with Crippen LogP contribution in [0.5, 0.6) is 5.88 Å². The Balaban J connectivity index is 1.03. The van der Waals surface area contributed by atoms with Gasteiger partial charge < -0.3 is 20.3 Å². The Morgan fingerprint density at radius 3 is 2.69 bits per heavy atom. The van der Waals surface area contributed by atoms with E-state index in [1.165, 1.54) is 51.7 Å². The van der Waals surface area contributed by atoms with Gasteiger partial charge in [-0.2, -0.15) is 14.6 Å². The molecule has 2 saturated heterocycles. The third-order valence-corrected chi connectivity index (χ3v) is 8.49. The van der Waals surface area contributed by atoms with Crippen LogP contribution in [0.25, 0.3) is 16.8 Å². The minimum absolute atomic E-state index is 0.0244. The van der Waals surface area contributed by atoms with Crippen molar-refractivity contribution in [1.29, 1.82) is 0 Å². The molecule has 3 aromatic rings. The number of hydrogen-bond acceptors (Lipinski definition) is 7. The number of aromatic amines is 1. The maximum absolute atomic E-state index is 6.18. The van der Waals surface area contributed by atoms with E-state index < -0.39 is 0 Å². The van der Waals surface area contributed by atoms with Crippen molar-refractivity contribution in [1.82, 2.24) is 35.0 Å². The number of piperidine rings is 2. The Morgan fingerprint density at radius 2 is 1.97 bits per heavy atom. The molecule has 0 bridgehead atoms. The zero-order valence-electron chi connectivity index (χ0n) is 21.7. The summed E-state index contributed by atoms with van der Waals surface area (Å²) in [7, 11) is 0. The molecule has 1 aliphatic carbocycles. The predicted octanol–water partition coefficient (Wildman–Crippen LogP) is 3.95. The van der Waals surface area contributed by atoms with Gasteiger partial charge in [0.1, 0.15) is 0 Å². The molecule has 0 amide bonds. The monoisotopic (exact) mass is 492 g/mol. The Labute approximate surface area is 213 Å². The number of likely N-dealkylation sites (tertiary alicyclic amines) is 1. The molecule has 0 radical (unpaired) electrons. The number of nitrogens with zero attached hydrogens (tertiary/aromatic N) is 5. The summed E-state index contributed by atoms with van der Waals surface area (Å²) in [5.74, 6) is 2.32. The number of nitrogens with one attached hydrogen (secondary N) is 3. The normalized spacial score (nSPS) is 21.3. The molecule has 9 nitrogen and oxygen atoms in total. The maximum atomic E-state index is 6.18. The summed E-state index contributed by atoms with van der Waals surface area (Å²) in [5.41, 5.74) is 3.41. The van der Waals surface area contributed by atoms with Crippen LogP contribution in [0.15, 0.2) is 24.5 Å². The summed E-state index contributed by atoms with van der Waals surface area (Å²) < 4.78 is 7.99. The van der Waals surface area contributed by atoms with Crippen LogP contribution in [0.1, 0.15) is 58.8 Å². The van der Waals surface area contributed by atoms with Gasteiger partial charge in [0.15, 0.2) is 5.65 Å². The minimum Gasteiger partial charge on any atom is -0.474 e. The minimum atomic E-state index is 0.0244. The van der Waals surface area contributed by atoms with Gasteiger partial charge in [-0.3, -0.25) is 5.10 Å². The topological polar surface area (TPSA) is 95.4 Å². The first-order valence-corrected chi connectivity index (χ1v) is 13.8. The molecule has 36 heavy (non-hydrogen) atoms. The van der Waals surface area contributed by atoms with Crippen molar-refractivity contribution in [3.8, 4) is 17.0 Å². The second-order valence-corrected chi connectivity index (χ2v) is 11.5. The average molecular weight is 493 g/mol. The average Bonchev–Trinajstić information content (AvgIpc) is 3.53. The van der Waals surface area contributed by atoms with Gasteiger partial charge in [0.2, 0.25) is 11.8 Å². The second-order valence-electron chi connectivity index (χ2n) is 11.5. The highest BCUT2D eigenvalue weighted by molar-refractivity contribution is 5.70. The van der Waals surface area contributed by atoms with E-state index in [0.29, 0.717) is 23.3 Å². The first kappa shape index (κ1) is 23.7. The quantitative estimate of drug-likeness (QED) is 0.438. The highest BCUT2D eigenvalue weighted by atomic mass is 16.5. The zero-order valence-corrected chi connectivity index (χ0v) is 21.7. The van der Waals surface area contributed by atoms with Gasteiger partial charge in [-0.25, -0.2) is 0 Å². The van der Waals surface area contributed by atoms with E-state index in [1.54, 1.807) is 6.20 Å². The lowest BCUT2D eigenvalue weighted by Crippen LogP contribution is -2.46. The molecule has 5 heterocycles. The summed E-state index contributed by atoms with van der Waals surface area (Å²) in [6.07, 6.45) is 13.1. The van der Waals surface area contributed by atoms with Crippen LogP contribution in [-0.4, -0.2) is 74.6 Å². The summed E-state index contributed by atoms with van der Waals surface area (Å²) in [6, 6.07) is 4.43. The molecular weight excluding hydrogens is 452 g/mol. The van der Waals surface area contributed by atoms with Crippen molar-refractivity contribution in [3.05, 3.63) is 24.5 Å². The van der Waals surface area contributed by atoms with Crippen LogP contribution >= 0.6 is 0 Å². The third kappa shape index (κ3) is 4.95. The van der Waals surface area contributed by atoms with Gasteiger partial charge >= 0.3 is 0 Å². The molecule has 194 valence electrons. The summed E-state index contributed by atoms with van der Waals surface area (Å²) >= 11 is 0. The third-order valence-electron chi connectivity index (χ3n) is 8.49. The van der Waals surface area contributed by atoms with Gasteiger partial charge in [-0.1, -0.05) is 0 Å². The predicted molar refractivity (Wildman–Crippen MR) is 141 cm³/mol. The molecular formula is C27H40N8O. The molecule has 0 atom stereocenters. The fourth-order valence-electron chi connectivity index (χ4n) is 6.52. The molecule has 9 heteroatoms. The smallest absolute Gasteiger partial charge is 0.243 e. The maximum Gasteiger partial charge on any atom is 0.243 e. The lowest BCUT2D eigenvalue weighted by Gasteiger charge is -2.51. The molecule has 1 spiro atoms. The van der Waals surface area contributed by atoms with Crippen LogP contribution in [0.4, 0.5) is 5.95 Å². The molecule has 2 aliphatic heterocycles. The number of rotatable bonds is 8. The van der Waals surface area contributed by atoms with Crippen LogP contribution in [-0.2, 0) is 0 Å². The Morgan fingerprint density at radius 1 is 1.17 bits per heavy atom. The van der Waals surface area contributed by atoms with Gasteiger partial charge in [0, 0.05) is 36.5 Å². The largest absolute Gasteiger partial charge is 0.474 e. The zero-order chi connectivity index (χ0) is 24.5. The Hall–Kier alpha value is -2.65. The van der Waals surface area contributed by atoms with Gasteiger partial charge in [-0.05, 0) is 102 Å². The van der Waals surface area contributed by atoms with Gasteiger partial charge in [0.05, 0.1) is 12.3 Å². The standard InChI is InChI=1S/C27H40N8O/c1-19(2)36-25-23(21-17-29-30-18-21)3-4-24-32-26(33-35(24)25)31-22-6-13-34(14-7-22)12-5-20-15-27(16-20)8-10-28-11-9-27/h3-4,17-20,22,28H,5-16H2,1-2H3,(H,29,30)(H,31,33). The number of fused-ring (bicyclic) bond motifs is 1. The molecule has 3 aliphatic rings. The van der Waals surface area contributed by atoms with Crippen molar-refractivity contribution >= 4 is 11.6 Å². The van der Waals surface area contributed by atoms with Crippen molar-refractivity contribution in [2.75, 3.05) is 38.0 Å².